The van der Waals surface area contributed by atoms with E-state index < -0.39 is 21.4 Å². The molecule has 0 amide bonds. The third-order valence-corrected chi connectivity index (χ3v) is 6.79. The van der Waals surface area contributed by atoms with Crippen molar-refractivity contribution < 1.29 is 22.3 Å². The molecular weight excluding hydrogens is 359 g/mol. The molecule has 1 aromatic carbocycles. The van der Waals surface area contributed by atoms with Gasteiger partial charge < -0.3 is 9.47 Å². The molecule has 0 radical (unpaired) electrons. The number of benzene rings is 1. The smallest absolute Gasteiger partial charge is 0.243 e. The number of nitrogens with zero attached hydrogens (tertiary/aromatic N) is 2. The zero-order valence-corrected chi connectivity index (χ0v) is 14.9. The zero-order chi connectivity index (χ0) is 18.2. The van der Waals surface area contributed by atoms with Gasteiger partial charge in [0.1, 0.15) is 17.2 Å². The molecule has 3 heterocycles. The number of hydrogen-bond acceptors (Lipinski definition) is 5. The van der Waals surface area contributed by atoms with E-state index in [9.17, 15) is 12.8 Å². The van der Waals surface area contributed by atoms with E-state index in [4.69, 9.17) is 9.47 Å². The molecule has 2 fully saturated rings. The summed E-state index contributed by atoms with van der Waals surface area (Å²) in [5.41, 5.74) is -0.525. The summed E-state index contributed by atoms with van der Waals surface area (Å²) in [4.78, 5) is 3.98. The van der Waals surface area contributed by atoms with Gasteiger partial charge >= 0.3 is 0 Å². The van der Waals surface area contributed by atoms with Gasteiger partial charge in [0, 0.05) is 31.8 Å². The molecule has 8 heteroatoms. The lowest BCUT2D eigenvalue weighted by molar-refractivity contribution is -0.107. The van der Waals surface area contributed by atoms with Gasteiger partial charge in [-0.3, -0.25) is 4.98 Å². The van der Waals surface area contributed by atoms with Crippen molar-refractivity contribution in [3.8, 4) is 5.75 Å². The van der Waals surface area contributed by atoms with E-state index in [2.05, 4.69) is 4.98 Å². The molecule has 2 saturated heterocycles. The predicted octanol–water partition coefficient (Wildman–Crippen LogP) is 2.08. The molecular formula is C18H19FN2O4S. The van der Waals surface area contributed by atoms with Crippen LogP contribution < -0.4 is 4.74 Å². The third-order valence-electron chi connectivity index (χ3n) is 5.01. The predicted molar refractivity (Wildman–Crippen MR) is 91.7 cm³/mol. The van der Waals surface area contributed by atoms with Crippen molar-refractivity contribution in [1.82, 2.24) is 9.29 Å². The Hall–Kier alpha value is -2.03. The molecule has 138 valence electrons. The average molecular weight is 378 g/mol. The monoisotopic (exact) mass is 378 g/mol. The van der Waals surface area contributed by atoms with E-state index in [1.165, 1.54) is 22.5 Å². The second-order valence-electron chi connectivity index (χ2n) is 6.63. The summed E-state index contributed by atoms with van der Waals surface area (Å²) in [6.45, 7) is 1.54. The Balaban J connectivity index is 1.43. The average Bonchev–Trinajstić information content (AvgIpc) is 3.04. The summed E-state index contributed by atoms with van der Waals surface area (Å²) < 4.78 is 51.7. The summed E-state index contributed by atoms with van der Waals surface area (Å²) in [7, 11) is -3.72. The lowest BCUT2D eigenvalue weighted by Gasteiger charge is -2.48. The fourth-order valence-corrected chi connectivity index (χ4v) is 5.08. The Kier molecular flexibility index (Phi) is 4.42. The molecule has 1 spiro atoms. The van der Waals surface area contributed by atoms with Gasteiger partial charge in [-0.25, -0.2) is 12.8 Å². The van der Waals surface area contributed by atoms with Gasteiger partial charge in [0.15, 0.2) is 0 Å². The molecule has 1 aromatic heterocycles. The molecule has 4 rings (SSSR count). The van der Waals surface area contributed by atoms with Gasteiger partial charge in [-0.05, 0) is 36.8 Å². The zero-order valence-electron chi connectivity index (χ0n) is 14.0. The van der Waals surface area contributed by atoms with Crippen molar-refractivity contribution in [1.29, 1.82) is 0 Å². The fourth-order valence-electron chi connectivity index (χ4n) is 3.50. The number of pyridine rings is 1. The Labute approximate surface area is 151 Å². The van der Waals surface area contributed by atoms with Gasteiger partial charge in [-0.15, -0.1) is 0 Å². The first-order valence-electron chi connectivity index (χ1n) is 8.42. The van der Waals surface area contributed by atoms with Gasteiger partial charge in [0.05, 0.1) is 17.7 Å². The van der Waals surface area contributed by atoms with Crippen LogP contribution in [0.25, 0.3) is 0 Å². The summed E-state index contributed by atoms with van der Waals surface area (Å²) >= 11 is 0. The lowest BCUT2D eigenvalue weighted by atomic mass is 9.83. The van der Waals surface area contributed by atoms with Crippen LogP contribution in [0.5, 0.6) is 5.75 Å². The first kappa shape index (κ1) is 17.4. The molecule has 2 aromatic rings. The quantitative estimate of drug-likeness (QED) is 0.797. The third kappa shape index (κ3) is 3.08. The minimum absolute atomic E-state index is 0.0338. The van der Waals surface area contributed by atoms with Crippen LogP contribution in [-0.2, 0) is 14.8 Å². The van der Waals surface area contributed by atoms with Crippen LogP contribution >= 0.6 is 0 Å². The number of rotatable bonds is 5. The van der Waals surface area contributed by atoms with Crippen LogP contribution in [0.2, 0.25) is 0 Å². The van der Waals surface area contributed by atoms with E-state index in [-0.39, 0.29) is 23.9 Å². The summed E-state index contributed by atoms with van der Waals surface area (Å²) in [6, 6.07) is 8.70. The number of sulfonamides is 1. The molecule has 0 aliphatic carbocycles. The Morgan fingerprint density at radius 3 is 2.88 bits per heavy atom. The van der Waals surface area contributed by atoms with Crippen molar-refractivity contribution in [2.75, 3.05) is 26.3 Å². The normalized spacial score (nSPS) is 22.3. The van der Waals surface area contributed by atoms with Crippen LogP contribution in [-0.4, -0.2) is 49.6 Å². The standard InChI is InChI=1S/C18H19FN2O4S/c19-15-3-1-5-17(9-15)26(22,23)21-12-18(13-21)14(6-8-25-18)11-24-16-4-2-7-20-10-16/h1-5,7,9-10,14H,6,8,11-13H2/t14-/m1/s1. The second kappa shape index (κ2) is 6.61. The Bertz CT molecular complexity index is 885. The lowest BCUT2D eigenvalue weighted by Crippen LogP contribution is -2.66. The molecule has 0 unspecified atom stereocenters. The maximum Gasteiger partial charge on any atom is 0.243 e. The highest BCUT2D eigenvalue weighted by atomic mass is 32.2. The van der Waals surface area contributed by atoms with Crippen molar-refractivity contribution in [3.63, 3.8) is 0 Å². The summed E-state index contributed by atoms with van der Waals surface area (Å²) in [5, 5.41) is 0. The van der Waals surface area contributed by atoms with E-state index in [0.29, 0.717) is 19.0 Å². The topological polar surface area (TPSA) is 68.7 Å². The highest BCUT2D eigenvalue weighted by Gasteiger charge is 2.56. The Morgan fingerprint density at radius 1 is 1.31 bits per heavy atom. The van der Waals surface area contributed by atoms with Crippen LogP contribution in [0.3, 0.4) is 0 Å². The van der Waals surface area contributed by atoms with Crippen molar-refractivity contribution >= 4 is 10.0 Å². The molecule has 2 aliphatic rings. The van der Waals surface area contributed by atoms with Crippen LogP contribution in [0, 0.1) is 11.7 Å². The van der Waals surface area contributed by atoms with Gasteiger partial charge in [0.25, 0.3) is 0 Å². The maximum absolute atomic E-state index is 13.4. The van der Waals surface area contributed by atoms with Gasteiger partial charge in [-0.2, -0.15) is 4.31 Å². The molecule has 0 bridgehead atoms. The minimum Gasteiger partial charge on any atom is -0.492 e. The molecule has 0 saturated carbocycles. The molecule has 26 heavy (non-hydrogen) atoms. The molecule has 2 aliphatic heterocycles. The van der Waals surface area contributed by atoms with Gasteiger partial charge in [0.2, 0.25) is 10.0 Å². The van der Waals surface area contributed by atoms with Gasteiger partial charge in [-0.1, -0.05) is 6.07 Å². The van der Waals surface area contributed by atoms with Crippen molar-refractivity contribution in [2.45, 2.75) is 16.9 Å². The SMILES string of the molecule is O=S(=O)(c1cccc(F)c1)N1CC2(C1)OCC[C@@H]2COc1cccnc1. The van der Waals surface area contributed by atoms with E-state index in [1.807, 2.05) is 6.07 Å². The largest absolute Gasteiger partial charge is 0.492 e. The van der Waals surface area contributed by atoms with Crippen LogP contribution in [0.4, 0.5) is 4.39 Å². The van der Waals surface area contributed by atoms with E-state index in [0.717, 1.165) is 12.5 Å². The molecule has 1 atom stereocenters. The Morgan fingerprint density at radius 2 is 2.15 bits per heavy atom. The summed E-state index contributed by atoms with van der Waals surface area (Å²) in [5.74, 6) is 0.209. The molecule has 6 nitrogen and oxygen atoms in total. The first-order valence-corrected chi connectivity index (χ1v) is 9.86. The van der Waals surface area contributed by atoms with E-state index >= 15 is 0 Å². The number of halogens is 1. The van der Waals surface area contributed by atoms with E-state index in [1.54, 1.807) is 18.5 Å². The minimum atomic E-state index is -3.72. The number of ether oxygens (including phenoxy) is 2. The summed E-state index contributed by atoms with van der Waals surface area (Å²) in [6.07, 6.45) is 4.13. The van der Waals surface area contributed by atoms with Crippen LogP contribution in [0.15, 0.2) is 53.7 Å². The highest BCUT2D eigenvalue weighted by Crippen LogP contribution is 2.42. The van der Waals surface area contributed by atoms with Crippen molar-refractivity contribution in [2.24, 2.45) is 5.92 Å². The van der Waals surface area contributed by atoms with Crippen LogP contribution in [0.1, 0.15) is 6.42 Å². The highest BCUT2D eigenvalue weighted by molar-refractivity contribution is 7.89. The molecule has 0 N–H and O–H groups in total. The fraction of sp³-hybridized carbons (Fsp3) is 0.389. The second-order valence-corrected chi connectivity index (χ2v) is 8.57. The van der Waals surface area contributed by atoms with Crippen molar-refractivity contribution in [3.05, 3.63) is 54.6 Å². The maximum atomic E-state index is 13.4. The first-order chi connectivity index (χ1) is 12.5. The number of aromatic nitrogens is 1. The number of hydrogen-bond donors (Lipinski definition) is 0.